The van der Waals surface area contributed by atoms with Gasteiger partial charge in [-0.1, -0.05) is 6.07 Å². The highest BCUT2D eigenvalue weighted by atomic mass is 16.6. The van der Waals surface area contributed by atoms with E-state index in [0.29, 0.717) is 0 Å². The van der Waals surface area contributed by atoms with Crippen molar-refractivity contribution in [1.29, 1.82) is 0 Å². The molecule has 2 rings (SSSR count). The lowest BCUT2D eigenvalue weighted by molar-refractivity contribution is -0.383. The Balaban J connectivity index is 3.12. The normalized spacial score (nSPS) is 10.6. The molecule has 0 fully saturated rings. The summed E-state index contributed by atoms with van der Waals surface area (Å²) < 4.78 is 5.40. The summed E-state index contributed by atoms with van der Waals surface area (Å²) in [7, 11) is 1.37. The van der Waals surface area contributed by atoms with Crippen molar-refractivity contribution in [1.82, 2.24) is 4.57 Å². The van der Waals surface area contributed by atoms with Crippen molar-refractivity contribution in [3.8, 4) is 0 Å². The number of hydrogen-bond acceptors (Lipinski definition) is 5. The number of rotatable bonds is 1. The van der Waals surface area contributed by atoms with Gasteiger partial charge in [0.1, 0.15) is 0 Å². The third kappa shape index (κ3) is 1.29. The van der Waals surface area contributed by atoms with Crippen LogP contribution in [0.5, 0.6) is 0 Å². The number of fused-ring (bicyclic) bond motifs is 1. The van der Waals surface area contributed by atoms with Crippen LogP contribution >= 0.6 is 0 Å². The predicted molar refractivity (Wildman–Crippen MR) is 54.4 cm³/mol. The van der Waals surface area contributed by atoms with Crippen LogP contribution in [0.4, 0.5) is 5.69 Å². The first kappa shape index (κ1) is 10.1. The number of hydrogen-bond donors (Lipinski definition) is 0. The SMILES string of the molecule is Cn1c(=O)oc(=O)c2c([N+](=O)[O-])cccc21. The summed E-state index contributed by atoms with van der Waals surface area (Å²) in [6.07, 6.45) is 0. The smallest absolute Gasteiger partial charge is 0.372 e. The number of nitrogens with zero attached hydrogens (tertiary/aromatic N) is 2. The van der Waals surface area contributed by atoms with Gasteiger partial charge in [-0.3, -0.25) is 14.7 Å². The van der Waals surface area contributed by atoms with Crippen LogP contribution in [0.25, 0.3) is 10.9 Å². The first-order valence-corrected chi connectivity index (χ1v) is 4.29. The average molecular weight is 222 g/mol. The summed E-state index contributed by atoms with van der Waals surface area (Å²) in [5.41, 5.74) is -1.19. The van der Waals surface area contributed by atoms with Crippen molar-refractivity contribution >= 4 is 16.6 Å². The van der Waals surface area contributed by atoms with Crippen molar-refractivity contribution in [2.45, 2.75) is 0 Å². The fourth-order valence-electron chi connectivity index (χ4n) is 1.47. The van der Waals surface area contributed by atoms with E-state index in [1.165, 1.54) is 25.2 Å². The molecule has 0 aliphatic heterocycles. The summed E-state index contributed by atoms with van der Waals surface area (Å²) in [5, 5.41) is 10.5. The summed E-state index contributed by atoms with van der Waals surface area (Å²) in [5.74, 6) is -0.849. The Labute approximate surface area is 87.7 Å². The topological polar surface area (TPSA) is 95.3 Å². The number of benzene rings is 1. The van der Waals surface area contributed by atoms with Crippen molar-refractivity contribution in [2.75, 3.05) is 0 Å². The van der Waals surface area contributed by atoms with Crippen molar-refractivity contribution < 1.29 is 9.34 Å². The molecule has 1 aromatic heterocycles. The molecule has 82 valence electrons. The first-order valence-electron chi connectivity index (χ1n) is 4.29. The number of aryl methyl sites for hydroxylation is 1. The molecule has 0 radical (unpaired) electrons. The van der Waals surface area contributed by atoms with Crippen LogP contribution in [-0.4, -0.2) is 9.49 Å². The molecule has 2 aromatic rings. The maximum atomic E-state index is 11.4. The zero-order valence-electron chi connectivity index (χ0n) is 8.17. The van der Waals surface area contributed by atoms with E-state index in [4.69, 9.17) is 0 Å². The maximum Gasteiger partial charge on any atom is 0.422 e. The molecule has 0 saturated heterocycles. The van der Waals surface area contributed by atoms with Crippen LogP contribution in [0, 0.1) is 10.1 Å². The molecule has 0 amide bonds. The van der Waals surface area contributed by atoms with Gasteiger partial charge in [0, 0.05) is 13.1 Å². The third-order valence-corrected chi connectivity index (χ3v) is 2.24. The molecule has 7 nitrogen and oxygen atoms in total. The van der Waals surface area contributed by atoms with Crippen LogP contribution in [0.3, 0.4) is 0 Å². The van der Waals surface area contributed by atoms with Crippen LogP contribution in [0.15, 0.2) is 32.2 Å². The molecule has 0 aliphatic rings. The molecule has 0 bridgehead atoms. The molecule has 1 aromatic carbocycles. The van der Waals surface area contributed by atoms with E-state index in [-0.39, 0.29) is 16.6 Å². The predicted octanol–water partition coefficient (Wildman–Crippen LogP) is 0.400. The highest BCUT2D eigenvalue weighted by Crippen LogP contribution is 2.20. The van der Waals surface area contributed by atoms with Gasteiger partial charge in [-0.15, -0.1) is 0 Å². The average Bonchev–Trinajstić information content (AvgIpc) is 2.25. The Morgan fingerprint density at radius 3 is 2.69 bits per heavy atom. The minimum atomic E-state index is -0.995. The van der Waals surface area contributed by atoms with Crippen molar-refractivity contribution in [3.05, 3.63) is 49.3 Å². The fraction of sp³-hybridized carbons (Fsp3) is 0.111. The van der Waals surface area contributed by atoms with E-state index in [1.807, 2.05) is 0 Å². The fourth-order valence-corrected chi connectivity index (χ4v) is 1.47. The molecule has 0 aliphatic carbocycles. The highest BCUT2D eigenvalue weighted by molar-refractivity contribution is 5.86. The summed E-state index contributed by atoms with van der Waals surface area (Å²) in [4.78, 5) is 32.6. The Bertz CT molecular complexity index is 697. The van der Waals surface area contributed by atoms with Gasteiger partial charge in [-0.2, -0.15) is 0 Å². The van der Waals surface area contributed by atoms with Crippen LogP contribution < -0.4 is 11.4 Å². The van der Waals surface area contributed by atoms with E-state index in [0.717, 1.165) is 4.57 Å². The second-order valence-electron chi connectivity index (χ2n) is 3.14. The molecular weight excluding hydrogens is 216 g/mol. The molecule has 0 saturated carbocycles. The van der Waals surface area contributed by atoms with Crippen molar-refractivity contribution in [2.24, 2.45) is 7.05 Å². The lowest BCUT2D eigenvalue weighted by atomic mass is 10.2. The Kier molecular flexibility index (Phi) is 2.08. The maximum absolute atomic E-state index is 11.4. The Morgan fingerprint density at radius 1 is 1.38 bits per heavy atom. The molecule has 16 heavy (non-hydrogen) atoms. The molecule has 7 heteroatoms. The second-order valence-corrected chi connectivity index (χ2v) is 3.14. The first-order chi connectivity index (χ1) is 7.52. The molecule has 0 atom stereocenters. The van der Waals surface area contributed by atoms with Gasteiger partial charge in [0.05, 0.1) is 10.4 Å². The van der Waals surface area contributed by atoms with Gasteiger partial charge in [-0.05, 0) is 6.07 Å². The number of nitro groups is 1. The van der Waals surface area contributed by atoms with Crippen LogP contribution in [0.2, 0.25) is 0 Å². The largest absolute Gasteiger partial charge is 0.422 e. The van der Waals surface area contributed by atoms with Crippen LogP contribution in [-0.2, 0) is 7.05 Å². The third-order valence-electron chi connectivity index (χ3n) is 2.24. The second kappa shape index (κ2) is 3.30. The minimum absolute atomic E-state index is 0.176. The van der Waals surface area contributed by atoms with Gasteiger partial charge in [0.25, 0.3) is 5.69 Å². The molecule has 0 unspecified atom stereocenters. The van der Waals surface area contributed by atoms with Gasteiger partial charge in [-0.25, -0.2) is 9.59 Å². The van der Waals surface area contributed by atoms with Gasteiger partial charge < -0.3 is 4.42 Å². The summed E-state index contributed by atoms with van der Waals surface area (Å²) in [6.45, 7) is 0. The lowest BCUT2D eigenvalue weighted by Gasteiger charge is -2.01. The van der Waals surface area contributed by atoms with Gasteiger partial charge in [0.15, 0.2) is 5.39 Å². The van der Waals surface area contributed by atoms with Gasteiger partial charge in [0.2, 0.25) is 0 Å². The number of non-ortho nitro benzene ring substituents is 1. The van der Waals surface area contributed by atoms with E-state index in [9.17, 15) is 19.7 Å². The standard InChI is InChI=1S/C9H6N2O5/c1-10-5-3-2-4-6(11(14)15)7(5)8(12)16-9(10)13/h2-4H,1H3. The highest BCUT2D eigenvalue weighted by Gasteiger charge is 2.18. The number of nitro benzene ring substituents is 1. The van der Waals surface area contributed by atoms with Crippen molar-refractivity contribution in [3.63, 3.8) is 0 Å². The Morgan fingerprint density at radius 2 is 2.06 bits per heavy atom. The van der Waals surface area contributed by atoms with Crippen LogP contribution in [0.1, 0.15) is 0 Å². The van der Waals surface area contributed by atoms with E-state index in [1.54, 1.807) is 0 Å². The van der Waals surface area contributed by atoms with E-state index >= 15 is 0 Å². The van der Waals surface area contributed by atoms with Gasteiger partial charge >= 0.3 is 11.4 Å². The molecule has 1 heterocycles. The minimum Gasteiger partial charge on any atom is -0.372 e. The zero-order valence-corrected chi connectivity index (χ0v) is 8.17. The van der Waals surface area contributed by atoms with E-state index in [2.05, 4.69) is 4.42 Å². The monoisotopic (exact) mass is 222 g/mol. The molecule has 0 spiro atoms. The number of aromatic nitrogens is 1. The van der Waals surface area contributed by atoms with E-state index < -0.39 is 16.3 Å². The molecule has 0 N–H and O–H groups in total. The molecular formula is C9H6N2O5. The lowest BCUT2D eigenvalue weighted by Crippen LogP contribution is -2.22. The summed E-state index contributed by atoms with van der Waals surface area (Å²) >= 11 is 0. The zero-order chi connectivity index (χ0) is 11.9. The summed E-state index contributed by atoms with van der Waals surface area (Å²) in [6, 6.07) is 4.03. The Hall–Kier alpha value is -2.44. The quantitative estimate of drug-likeness (QED) is 0.514.